The van der Waals surface area contributed by atoms with E-state index in [1.54, 1.807) is 17.9 Å². The van der Waals surface area contributed by atoms with Gasteiger partial charge in [-0.25, -0.2) is 13.1 Å². The Morgan fingerprint density at radius 1 is 1.53 bits per heavy atom. The molecule has 0 atom stereocenters. The maximum absolute atomic E-state index is 12.0. The molecule has 9 heteroatoms. The smallest absolute Gasteiger partial charge is 0.257 e. The third kappa shape index (κ3) is 3.00. The molecular weight excluding hydrogens is 270 g/mol. The monoisotopic (exact) mass is 285 g/mol. The van der Waals surface area contributed by atoms with Crippen molar-refractivity contribution in [3.63, 3.8) is 0 Å². The van der Waals surface area contributed by atoms with Gasteiger partial charge in [0.15, 0.2) is 5.03 Å². The van der Waals surface area contributed by atoms with E-state index in [-0.39, 0.29) is 23.7 Å². The third-order valence-corrected chi connectivity index (χ3v) is 4.19. The van der Waals surface area contributed by atoms with E-state index in [9.17, 15) is 8.42 Å². The highest BCUT2D eigenvalue weighted by Gasteiger charge is 2.19. The molecule has 0 bridgehead atoms. The first kappa shape index (κ1) is 13.7. The summed E-state index contributed by atoms with van der Waals surface area (Å²) in [4.78, 5) is 0. The van der Waals surface area contributed by atoms with Gasteiger partial charge in [0.25, 0.3) is 10.0 Å². The van der Waals surface area contributed by atoms with Gasteiger partial charge < -0.3 is 5.11 Å². The molecule has 19 heavy (non-hydrogen) atoms. The van der Waals surface area contributed by atoms with Crippen molar-refractivity contribution >= 4 is 10.0 Å². The number of rotatable bonds is 6. The van der Waals surface area contributed by atoms with E-state index in [1.807, 2.05) is 6.07 Å². The first-order valence-electron chi connectivity index (χ1n) is 5.64. The number of nitrogens with zero attached hydrogens (tertiary/aromatic N) is 3. The molecule has 2 rings (SSSR count). The molecule has 104 valence electrons. The Labute approximate surface area is 110 Å². The molecule has 0 aliphatic rings. The summed E-state index contributed by atoms with van der Waals surface area (Å²) in [6.45, 7) is -0.139. The molecule has 0 aliphatic carbocycles. The zero-order valence-electron chi connectivity index (χ0n) is 10.4. The molecule has 0 fully saturated rings. The second-order valence-corrected chi connectivity index (χ2v) is 5.68. The Kier molecular flexibility index (Phi) is 3.98. The number of aryl methyl sites for hydroxylation is 1. The summed E-state index contributed by atoms with van der Waals surface area (Å²) in [7, 11) is -1.89. The standard InChI is InChI=1S/C10H15N5O3S/c1-15-9(2-4-12-15)3-5-13-19(17,18)10-8(7-16)6-11-14-10/h2,4,6,13,16H,3,5,7H2,1H3,(H,11,14). The lowest BCUT2D eigenvalue weighted by atomic mass is 10.3. The van der Waals surface area contributed by atoms with Crippen molar-refractivity contribution in [1.29, 1.82) is 0 Å². The van der Waals surface area contributed by atoms with Crippen LogP contribution in [0.25, 0.3) is 0 Å². The molecule has 0 spiro atoms. The SMILES string of the molecule is Cn1nccc1CCNS(=O)(=O)c1[nH]ncc1CO. The number of aromatic amines is 1. The minimum absolute atomic E-state index is 0.0972. The number of H-pyrrole nitrogens is 1. The van der Waals surface area contributed by atoms with Crippen LogP contribution in [-0.4, -0.2) is 40.0 Å². The van der Waals surface area contributed by atoms with Crippen molar-refractivity contribution in [2.45, 2.75) is 18.1 Å². The summed E-state index contributed by atoms with van der Waals surface area (Å²) >= 11 is 0. The predicted molar refractivity (Wildman–Crippen MR) is 66.6 cm³/mol. The molecule has 2 aromatic rings. The number of nitrogens with one attached hydrogen (secondary N) is 2. The van der Waals surface area contributed by atoms with Crippen LogP contribution in [0.2, 0.25) is 0 Å². The Bertz CT molecular complexity index is 646. The average Bonchev–Trinajstić information content (AvgIpc) is 2.98. The fourth-order valence-electron chi connectivity index (χ4n) is 1.68. The van der Waals surface area contributed by atoms with Crippen LogP contribution >= 0.6 is 0 Å². The van der Waals surface area contributed by atoms with Gasteiger partial charge in [0, 0.05) is 37.5 Å². The number of aliphatic hydroxyl groups is 1. The van der Waals surface area contributed by atoms with Crippen LogP contribution < -0.4 is 4.72 Å². The van der Waals surface area contributed by atoms with Gasteiger partial charge in [-0.3, -0.25) is 9.78 Å². The molecule has 0 saturated heterocycles. The molecule has 0 aliphatic heterocycles. The fourth-order valence-corrected chi connectivity index (χ4v) is 2.83. The molecule has 0 amide bonds. The third-order valence-electron chi connectivity index (χ3n) is 2.71. The first-order valence-corrected chi connectivity index (χ1v) is 7.12. The summed E-state index contributed by atoms with van der Waals surface area (Å²) in [6, 6.07) is 1.82. The minimum Gasteiger partial charge on any atom is -0.392 e. The molecule has 0 unspecified atom stereocenters. The second kappa shape index (κ2) is 5.51. The van der Waals surface area contributed by atoms with E-state index in [0.29, 0.717) is 6.42 Å². The summed E-state index contributed by atoms with van der Waals surface area (Å²) in [5, 5.41) is 18.9. The van der Waals surface area contributed by atoms with Gasteiger partial charge in [-0.1, -0.05) is 0 Å². The average molecular weight is 285 g/mol. The van der Waals surface area contributed by atoms with Crippen molar-refractivity contribution in [2.75, 3.05) is 6.54 Å². The summed E-state index contributed by atoms with van der Waals surface area (Å²) in [6.07, 6.45) is 3.47. The molecule has 0 radical (unpaired) electrons. The summed E-state index contributed by atoms with van der Waals surface area (Å²) in [5.74, 6) is 0. The van der Waals surface area contributed by atoms with E-state index >= 15 is 0 Å². The van der Waals surface area contributed by atoms with Crippen LogP contribution in [-0.2, 0) is 30.1 Å². The quantitative estimate of drug-likeness (QED) is 0.640. The van der Waals surface area contributed by atoms with E-state index in [0.717, 1.165) is 5.69 Å². The Hall–Kier alpha value is -1.71. The van der Waals surface area contributed by atoms with Crippen LogP contribution in [0.5, 0.6) is 0 Å². The van der Waals surface area contributed by atoms with Crippen molar-refractivity contribution in [1.82, 2.24) is 24.7 Å². The fraction of sp³-hybridized carbons (Fsp3) is 0.400. The summed E-state index contributed by atoms with van der Waals surface area (Å²) < 4.78 is 28.1. The van der Waals surface area contributed by atoms with Gasteiger partial charge in [0.1, 0.15) is 0 Å². The van der Waals surface area contributed by atoms with Crippen molar-refractivity contribution in [3.05, 3.63) is 29.7 Å². The normalized spacial score (nSPS) is 11.9. The lowest BCUT2D eigenvalue weighted by Crippen LogP contribution is -2.27. The number of aromatic nitrogens is 4. The van der Waals surface area contributed by atoms with Gasteiger partial charge in [0.2, 0.25) is 0 Å². The van der Waals surface area contributed by atoms with Crippen LogP contribution in [0.4, 0.5) is 0 Å². The maximum Gasteiger partial charge on any atom is 0.257 e. The topological polar surface area (TPSA) is 113 Å². The van der Waals surface area contributed by atoms with Gasteiger partial charge in [0.05, 0.1) is 12.8 Å². The maximum atomic E-state index is 12.0. The lowest BCUT2D eigenvalue weighted by molar-refractivity contribution is 0.278. The molecule has 0 aromatic carbocycles. The zero-order valence-corrected chi connectivity index (χ0v) is 11.2. The van der Waals surface area contributed by atoms with Crippen LogP contribution in [0.3, 0.4) is 0 Å². The summed E-state index contributed by atoms with van der Waals surface area (Å²) in [5.41, 5.74) is 1.17. The van der Waals surface area contributed by atoms with E-state index in [1.165, 1.54) is 6.20 Å². The van der Waals surface area contributed by atoms with E-state index in [4.69, 9.17) is 5.11 Å². The van der Waals surface area contributed by atoms with Crippen LogP contribution in [0, 0.1) is 0 Å². The first-order chi connectivity index (χ1) is 9.04. The molecular formula is C10H15N5O3S. The Morgan fingerprint density at radius 3 is 2.95 bits per heavy atom. The number of hydrogen-bond donors (Lipinski definition) is 3. The highest BCUT2D eigenvalue weighted by atomic mass is 32.2. The molecule has 2 aromatic heterocycles. The molecule has 3 N–H and O–H groups in total. The van der Waals surface area contributed by atoms with Gasteiger partial charge in [-0.2, -0.15) is 10.2 Å². The number of sulfonamides is 1. The zero-order chi connectivity index (χ0) is 13.9. The number of hydrogen-bond acceptors (Lipinski definition) is 5. The van der Waals surface area contributed by atoms with E-state index in [2.05, 4.69) is 20.0 Å². The molecule has 2 heterocycles. The molecule has 8 nitrogen and oxygen atoms in total. The Balaban J connectivity index is 2.01. The van der Waals surface area contributed by atoms with Crippen LogP contribution in [0.15, 0.2) is 23.5 Å². The largest absolute Gasteiger partial charge is 0.392 e. The number of aliphatic hydroxyl groups excluding tert-OH is 1. The van der Waals surface area contributed by atoms with Gasteiger partial charge in [-0.05, 0) is 6.07 Å². The lowest BCUT2D eigenvalue weighted by Gasteiger charge is -2.06. The van der Waals surface area contributed by atoms with Gasteiger partial charge in [-0.15, -0.1) is 0 Å². The van der Waals surface area contributed by atoms with Gasteiger partial charge >= 0.3 is 0 Å². The van der Waals surface area contributed by atoms with Crippen molar-refractivity contribution in [2.24, 2.45) is 7.05 Å². The second-order valence-electron chi connectivity index (χ2n) is 3.98. The van der Waals surface area contributed by atoms with E-state index < -0.39 is 10.0 Å². The minimum atomic E-state index is -3.68. The predicted octanol–water partition coefficient (Wildman–Crippen LogP) is -0.843. The Morgan fingerprint density at radius 2 is 2.32 bits per heavy atom. The highest BCUT2D eigenvalue weighted by Crippen LogP contribution is 2.11. The van der Waals surface area contributed by atoms with Crippen molar-refractivity contribution in [3.8, 4) is 0 Å². The molecule has 0 saturated carbocycles. The van der Waals surface area contributed by atoms with Crippen molar-refractivity contribution < 1.29 is 13.5 Å². The van der Waals surface area contributed by atoms with Crippen LogP contribution in [0.1, 0.15) is 11.3 Å². The highest BCUT2D eigenvalue weighted by molar-refractivity contribution is 7.89.